The molecular formula is C71H127N13O12. The van der Waals surface area contributed by atoms with E-state index in [0.29, 0.717) is 43.8 Å². The Morgan fingerprint density at radius 1 is 0.510 bits per heavy atom. The van der Waals surface area contributed by atoms with Gasteiger partial charge in [0.25, 0.3) is 0 Å². The molecule has 0 aromatic carbocycles. The van der Waals surface area contributed by atoms with Gasteiger partial charge in [-0.1, -0.05) is 102 Å². The number of rotatable bonds is 20. The zero-order chi connectivity index (χ0) is 73.4. The summed E-state index contributed by atoms with van der Waals surface area (Å²) in [5.41, 5.74) is 0. The number of carbonyl (C=O) groups is 11. The lowest BCUT2D eigenvalue weighted by molar-refractivity contribution is -0.157. The number of nitrogens with zero attached hydrogens (tertiary/aromatic N) is 8. The van der Waals surface area contributed by atoms with Crippen LogP contribution in [0.2, 0.25) is 0 Å². The van der Waals surface area contributed by atoms with Crippen molar-refractivity contribution in [3.05, 3.63) is 12.2 Å². The maximum atomic E-state index is 15.3. The number of likely N-dealkylation sites (tertiary alicyclic amines) is 1. The van der Waals surface area contributed by atoms with Crippen LogP contribution in [0.4, 0.5) is 0 Å². The van der Waals surface area contributed by atoms with Crippen LogP contribution >= 0.6 is 0 Å². The van der Waals surface area contributed by atoms with Crippen LogP contribution in [0.3, 0.4) is 0 Å². The third kappa shape index (κ3) is 21.2. The fraction of sp³-hybridized carbons (Fsp3) is 0.817. The van der Waals surface area contributed by atoms with E-state index in [-0.39, 0.29) is 43.4 Å². The Hall–Kier alpha value is -6.21. The molecule has 2 aliphatic heterocycles. The average molecular weight is 1350 g/mol. The lowest BCUT2D eigenvalue weighted by atomic mass is 9.66. The number of nitrogens with one attached hydrogen (secondary N) is 5. The number of likely N-dealkylation sites (N-methyl/N-ethyl adjacent to an activating group) is 8. The molecule has 96 heavy (non-hydrogen) atoms. The number of allylic oxidation sites excluding steroid dienone is 2. The molecule has 11 amide bonds. The molecule has 6 N–H and O–H groups in total. The number of piperidine rings is 1. The van der Waals surface area contributed by atoms with Gasteiger partial charge in [0, 0.05) is 68.0 Å². The van der Waals surface area contributed by atoms with E-state index in [1.165, 1.54) is 112 Å². The summed E-state index contributed by atoms with van der Waals surface area (Å²) in [6, 6.07) is -12.6. The third-order valence-electron chi connectivity index (χ3n) is 20.5. The van der Waals surface area contributed by atoms with Crippen LogP contribution in [0.1, 0.15) is 175 Å². The predicted molar refractivity (Wildman–Crippen MR) is 373 cm³/mol. The van der Waals surface area contributed by atoms with Crippen molar-refractivity contribution >= 4 is 65.0 Å². The largest absolute Gasteiger partial charge is 0.390 e. The van der Waals surface area contributed by atoms with Gasteiger partial charge in [0.1, 0.15) is 66.5 Å². The maximum absolute atomic E-state index is 15.3. The topological polar surface area (TPSA) is 294 Å². The molecule has 3 unspecified atom stereocenters. The normalized spacial score (nSPS) is 29.9. The van der Waals surface area contributed by atoms with E-state index in [2.05, 4.69) is 38.5 Å². The zero-order valence-corrected chi connectivity index (χ0v) is 63.2. The molecule has 0 bridgehead atoms. The van der Waals surface area contributed by atoms with Crippen molar-refractivity contribution in [3.8, 4) is 0 Å². The van der Waals surface area contributed by atoms with E-state index in [1.807, 2.05) is 61.5 Å². The van der Waals surface area contributed by atoms with Gasteiger partial charge in [-0.3, -0.25) is 57.6 Å². The van der Waals surface area contributed by atoms with Crippen LogP contribution in [0.15, 0.2) is 12.2 Å². The summed E-state index contributed by atoms with van der Waals surface area (Å²) in [5, 5.41) is 27.1. The Labute approximate surface area is 575 Å². The molecule has 17 atom stereocenters. The second kappa shape index (κ2) is 37.7. The van der Waals surface area contributed by atoms with Gasteiger partial charge < -0.3 is 66.0 Å². The highest BCUT2D eigenvalue weighted by Crippen LogP contribution is 2.45. The van der Waals surface area contributed by atoms with Crippen LogP contribution in [-0.2, 0) is 52.7 Å². The lowest BCUT2D eigenvalue weighted by Gasteiger charge is -2.60. The van der Waals surface area contributed by atoms with Gasteiger partial charge in [0.05, 0.1) is 6.10 Å². The first-order valence-electron chi connectivity index (χ1n) is 35.4. The number of hydrogen-bond donors (Lipinski definition) is 6. The maximum Gasteiger partial charge on any atom is 0.246 e. The van der Waals surface area contributed by atoms with Gasteiger partial charge in [0.2, 0.25) is 65.0 Å². The van der Waals surface area contributed by atoms with Gasteiger partial charge in [-0.05, 0) is 146 Å². The molecule has 3 aliphatic rings. The van der Waals surface area contributed by atoms with Crippen LogP contribution < -0.4 is 26.6 Å². The number of amides is 11. The van der Waals surface area contributed by atoms with Crippen LogP contribution in [0.5, 0.6) is 0 Å². The smallest absolute Gasteiger partial charge is 0.246 e. The molecule has 1 aliphatic carbocycles. The molecule has 0 aromatic heterocycles. The van der Waals surface area contributed by atoms with Crippen molar-refractivity contribution < 1.29 is 57.8 Å². The van der Waals surface area contributed by atoms with Crippen molar-refractivity contribution in [3.63, 3.8) is 0 Å². The first kappa shape index (κ1) is 84.0. The summed E-state index contributed by atoms with van der Waals surface area (Å²) in [6.07, 6.45) is 6.42. The molecule has 25 nitrogen and oxygen atoms in total. The molecule has 0 radical (unpaired) electrons. The van der Waals surface area contributed by atoms with Gasteiger partial charge in [-0.25, -0.2) is 0 Å². The summed E-state index contributed by atoms with van der Waals surface area (Å²) in [7, 11) is 12.2. The number of hydrogen-bond acceptors (Lipinski definition) is 14. The molecule has 3 rings (SSSR count). The van der Waals surface area contributed by atoms with Gasteiger partial charge in [-0.15, -0.1) is 0 Å². The Balaban J connectivity index is 2.30. The molecule has 2 saturated heterocycles. The van der Waals surface area contributed by atoms with Crippen molar-refractivity contribution in [1.29, 1.82) is 0 Å². The van der Waals surface area contributed by atoms with Crippen molar-refractivity contribution in [2.45, 2.75) is 260 Å². The fourth-order valence-electron chi connectivity index (χ4n) is 14.0. The molecule has 1 saturated carbocycles. The van der Waals surface area contributed by atoms with E-state index < -0.39 is 161 Å². The zero-order valence-electron chi connectivity index (χ0n) is 63.2. The molecule has 2 heterocycles. The second-order valence-corrected chi connectivity index (χ2v) is 30.1. The lowest BCUT2D eigenvalue weighted by Crippen LogP contribution is -2.69. The summed E-state index contributed by atoms with van der Waals surface area (Å²) >= 11 is 0. The minimum Gasteiger partial charge on any atom is -0.390 e. The molecule has 0 aromatic rings. The van der Waals surface area contributed by atoms with Crippen LogP contribution in [0.25, 0.3) is 0 Å². The highest BCUT2D eigenvalue weighted by Gasteiger charge is 2.51. The molecule has 25 heteroatoms. The number of aliphatic hydroxyl groups excluding tert-OH is 1. The highest BCUT2D eigenvalue weighted by molar-refractivity contribution is 6.00. The molecule has 0 spiro atoms. The minimum absolute atomic E-state index is 0.0117. The predicted octanol–water partition coefficient (Wildman–Crippen LogP) is 3.71. The first-order valence-corrected chi connectivity index (χ1v) is 35.4. The highest BCUT2D eigenvalue weighted by atomic mass is 16.3. The van der Waals surface area contributed by atoms with E-state index in [9.17, 15) is 29.1 Å². The van der Waals surface area contributed by atoms with Crippen LogP contribution in [-0.4, -0.2) is 263 Å². The van der Waals surface area contributed by atoms with Gasteiger partial charge >= 0.3 is 0 Å². The van der Waals surface area contributed by atoms with E-state index >= 15 is 28.8 Å². The molecule has 548 valence electrons. The Morgan fingerprint density at radius 2 is 1.00 bits per heavy atom. The van der Waals surface area contributed by atoms with Crippen molar-refractivity contribution in [2.75, 3.05) is 69.5 Å². The van der Waals surface area contributed by atoms with Crippen LogP contribution in [0, 0.1) is 47.3 Å². The first-order chi connectivity index (χ1) is 44.6. The van der Waals surface area contributed by atoms with E-state index in [0.717, 1.165) is 11.4 Å². The molecule has 3 fully saturated rings. The Bertz CT molecular complexity index is 2680. The number of fused-ring (bicyclic) bond motifs is 1. The second-order valence-electron chi connectivity index (χ2n) is 30.1. The number of carbonyl (C=O) groups excluding carboxylic acids is 11. The summed E-state index contributed by atoms with van der Waals surface area (Å²) in [4.78, 5) is 175. The van der Waals surface area contributed by atoms with Crippen molar-refractivity contribution in [1.82, 2.24) is 65.8 Å². The SMILES string of the molecule is C/C=C/C[C@@H](C)[C@@H](O)[C@H]1C(=O)N[C@@H](CC)C(=O)N(C)[C@H](C)C(=O)N(C)[C@@H]([C@H](C)CCCNCC2C3CCC3N2C)C(=O)N[C@@H](C(C)C)C(=O)N(C)[C@@H](CC(C)C)C(=O)N[C@@H](C)C(=O)N[C@H](C)C(=O)N(C)[C@@H](CC(C)C)C(=O)N(C)[C@@H](CC(C)C)C(=O)N(C)[C@@H](C(C)C)C(=O)N1C. The fourth-order valence-corrected chi connectivity index (χ4v) is 14.0. The van der Waals surface area contributed by atoms with E-state index in [4.69, 9.17) is 0 Å². The van der Waals surface area contributed by atoms with Gasteiger partial charge in [0.15, 0.2) is 0 Å². The Kier molecular flexibility index (Phi) is 33.0. The quantitative estimate of drug-likeness (QED) is 0.0749. The standard InChI is InChI=1S/C71H127N13O12/c1-26-28-30-45(14)60(85)59-64(89)75-50(27-2)67(92)77(18)48(17)66(91)83(24)58(44(13)31-29-34-72-38-55-49-32-33-51(49)78(55)19)63(88)76-56(42(9)10)70(95)79(20)52(35-39(3)4)62(87)73-46(15)61(86)74-47(16)65(90)80(21)53(36-40(5)6)68(93)81(22)54(37-41(7)8)69(94)82(23)57(43(11)12)71(96)84(59)25/h26,28,39-60,72,85H,27,29-38H2,1-25H3,(H,73,87)(H,74,86)(H,75,89)(H,76,88)/b28-26+/t44-,45-,46+,47-,48-,49?,50+,51?,52+,53+,54+,55?,56+,57+,58+,59+,60-/m1/s1. The van der Waals surface area contributed by atoms with Crippen molar-refractivity contribution in [2.24, 2.45) is 47.3 Å². The van der Waals surface area contributed by atoms with Gasteiger partial charge in [-0.2, -0.15) is 0 Å². The summed E-state index contributed by atoms with van der Waals surface area (Å²) < 4.78 is 0. The van der Waals surface area contributed by atoms with E-state index in [1.54, 1.807) is 47.6 Å². The third-order valence-corrected chi connectivity index (χ3v) is 20.5. The summed E-state index contributed by atoms with van der Waals surface area (Å²) in [6.45, 7) is 31.2. The average Bonchev–Trinajstić information content (AvgIpc) is 0.760. The minimum atomic E-state index is -1.63. The Morgan fingerprint density at radius 3 is 1.49 bits per heavy atom. The molecular weight excluding hydrogens is 1230 g/mol. The number of aliphatic hydroxyl groups is 1. The monoisotopic (exact) mass is 1350 g/mol. The summed E-state index contributed by atoms with van der Waals surface area (Å²) in [5.74, 6) is -9.41.